The molecule has 3 rings (SSSR count). The van der Waals surface area contributed by atoms with E-state index < -0.39 is 11.9 Å². The molecule has 6 nitrogen and oxygen atoms in total. The van der Waals surface area contributed by atoms with Crippen LogP contribution in [0.4, 0.5) is 0 Å². The SMILES string of the molecule is O=C(Oc1ccc(/C=N\NC(=O)c2ccco2)cc1)c1ccc(Cl)cc1. The highest BCUT2D eigenvalue weighted by atomic mass is 35.5. The average molecular weight is 369 g/mol. The summed E-state index contributed by atoms with van der Waals surface area (Å²) in [5.74, 6) is -0.359. The lowest BCUT2D eigenvalue weighted by atomic mass is 10.2. The lowest BCUT2D eigenvalue weighted by Crippen LogP contribution is -2.16. The first-order valence-corrected chi connectivity index (χ1v) is 7.94. The molecule has 0 radical (unpaired) electrons. The summed E-state index contributed by atoms with van der Waals surface area (Å²) >= 11 is 5.79. The zero-order valence-corrected chi connectivity index (χ0v) is 14.1. The van der Waals surface area contributed by atoms with E-state index in [4.69, 9.17) is 20.8 Å². The minimum atomic E-state index is -0.478. The number of ether oxygens (including phenoxy) is 1. The number of carbonyl (C=O) groups excluding carboxylic acids is 2. The molecule has 7 heteroatoms. The Morgan fingerprint density at radius 2 is 1.77 bits per heavy atom. The van der Waals surface area contributed by atoms with Crippen molar-refractivity contribution in [3.8, 4) is 5.75 Å². The molecule has 1 amide bonds. The van der Waals surface area contributed by atoms with Crippen LogP contribution in [0.15, 0.2) is 76.4 Å². The number of esters is 1. The number of rotatable bonds is 5. The van der Waals surface area contributed by atoms with Gasteiger partial charge in [-0.3, -0.25) is 4.79 Å². The smallest absolute Gasteiger partial charge is 0.343 e. The number of benzene rings is 2. The predicted octanol–water partition coefficient (Wildman–Crippen LogP) is 3.92. The van der Waals surface area contributed by atoms with Crippen molar-refractivity contribution in [3.63, 3.8) is 0 Å². The first kappa shape index (κ1) is 17.4. The van der Waals surface area contributed by atoms with Crippen molar-refractivity contribution in [2.75, 3.05) is 0 Å². The summed E-state index contributed by atoms with van der Waals surface area (Å²) in [6.45, 7) is 0. The molecule has 1 aromatic heterocycles. The molecular weight excluding hydrogens is 356 g/mol. The van der Waals surface area contributed by atoms with Gasteiger partial charge in [0.25, 0.3) is 0 Å². The predicted molar refractivity (Wildman–Crippen MR) is 96.6 cm³/mol. The third-order valence-corrected chi connectivity index (χ3v) is 3.55. The zero-order valence-electron chi connectivity index (χ0n) is 13.4. The molecule has 0 fully saturated rings. The molecule has 130 valence electrons. The van der Waals surface area contributed by atoms with Crippen LogP contribution in [0, 0.1) is 0 Å². The summed E-state index contributed by atoms with van der Waals surface area (Å²) < 4.78 is 10.2. The Hall–Kier alpha value is -3.38. The van der Waals surface area contributed by atoms with E-state index in [0.29, 0.717) is 16.3 Å². The van der Waals surface area contributed by atoms with Crippen molar-refractivity contribution in [2.45, 2.75) is 0 Å². The van der Waals surface area contributed by atoms with Crippen molar-refractivity contribution in [3.05, 3.63) is 88.8 Å². The first-order valence-electron chi connectivity index (χ1n) is 7.56. The Kier molecular flexibility index (Phi) is 5.46. The number of halogens is 1. The van der Waals surface area contributed by atoms with Gasteiger partial charge in [-0.15, -0.1) is 0 Å². The number of amides is 1. The van der Waals surface area contributed by atoms with Gasteiger partial charge in [-0.25, -0.2) is 10.2 Å². The molecule has 0 saturated heterocycles. The number of carbonyl (C=O) groups is 2. The lowest BCUT2D eigenvalue weighted by molar-refractivity contribution is 0.0734. The molecule has 1 heterocycles. The van der Waals surface area contributed by atoms with Crippen LogP contribution in [0.2, 0.25) is 5.02 Å². The fourth-order valence-electron chi connectivity index (χ4n) is 2.00. The van der Waals surface area contributed by atoms with E-state index >= 15 is 0 Å². The number of hydrogen-bond donors (Lipinski definition) is 1. The molecule has 0 aliphatic heterocycles. The lowest BCUT2D eigenvalue weighted by Gasteiger charge is -2.04. The minimum Gasteiger partial charge on any atom is -0.459 e. The van der Waals surface area contributed by atoms with Gasteiger partial charge in [0.15, 0.2) is 5.76 Å². The fraction of sp³-hybridized carbons (Fsp3) is 0. The van der Waals surface area contributed by atoms with E-state index in [1.165, 1.54) is 18.5 Å². The van der Waals surface area contributed by atoms with Crippen molar-refractivity contribution in [2.24, 2.45) is 5.10 Å². The van der Waals surface area contributed by atoms with Gasteiger partial charge in [0.2, 0.25) is 0 Å². The van der Waals surface area contributed by atoms with Crippen LogP contribution in [0.25, 0.3) is 0 Å². The molecule has 1 N–H and O–H groups in total. The normalized spacial score (nSPS) is 10.7. The molecular formula is C19H13ClN2O4. The first-order chi connectivity index (χ1) is 12.6. The minimum absolute atomic E-state index is 0.173. The standard InChI is InChI=1S/C19H13ClN2O4/c20-15-7-5-14(6-8-15)19(24)26-16-9-3-13(4-10-16)12-21-22-18(23)17-2-1-11-25-17/h1-12H,(H,22,23)/b21-12-. The van der Waals surface area contributed by atoms with E-state index in [9.17, 15) is 9.59 Å². The Balaban J connectivity index is 1.56. The van der Waals surface area contributed by atoms with Gasteiger partial charge >= 0.3 is 11.9 Å². The van der Waals surface area contributed by atoms with Crippen molar-refractivity contribution >= 4 is 29.7 Å². The van der Waals surface area contributed by atoms with Crippen LogP contribution in [-0.4, -0.2) is 18.1 Å². The molecule has 26 heavy (non-hydrogen) atoms. The van der Waals surface area contributed by atoms with E-state index in [-0.39, 0.29) is 5.76 Å². The molecule has 0 aliphatic carbocycles. The molecule has 3 aromatic rings. The monoisotopic (exact) mass is 368 g/mol. The summed E-state index contributed by atoms with van der Waals surface area (Å²) in [6, 6.07) is 16.2. The number of nitrogens with one attached hydrogen (secondary N) is 1. The highest BCUT2D eigenvalue weighted by molar-refractivity contribution is 6.30. The van der Waals surface area contributed by atoms with Crippen LogP contribution in [0.1, 0.15) is 26.5 Å². The van der Waals surface area contributed by atoms with E-state index in [1.54, 1.807) is 54.6 Å². The number of nitrogens with zero attached hydrogens (tertiary/aromatic N) is 1. The fourth-order valence-corrected chi connectivity index (χ4v) is 2.13. The summed E-state index contributed by atoms with van der Waals surface area (Å²) in [6.07, 6.45) is 2.87. The van der Waals surface area contributed by atoms with Gasteiger partial charge in [0, 0.05) is 5.02 Å². The third kappa shape index (κ3) is 4.58. The van der Waals surface area contributed by atoms with Crippen LogP contribution in [0.5, 0.6) is 5.75 Å². The second-order valence-corrected chi connectivity index (χ2v) is 5.58. The molecule has 0 unspecified atom stereocenters. The van der Waals surface area contributed by atoms with Gasteiger partial charge < -0.3 is 9.15 Å². The Morgan fingerprint density at radius 1 is 1.04 bits per heavy atom. The summed E-state index contributed by atoms with van der Waals surface area (Å²) in [5.41, 5.74) is 3.47. The number of hydrazone groups is 1. The summed E-state index contributed by atoms with van der Waals surface area (Å²) in [5, 5.41) is 4.38. The van der Waals surface area contributed by atoms with Crippen molar-refractivity contribution < 1.29 is 18.7 Å². The highest BCUT2D eigenvalue weighted by Gasteiger charge is 2.08. The largest absolute Gasteiger partial charge is 0.459 e. The zero-order chi connectivity index (χ0) is 18.4. The number of furan rings is 1. The van der Waals surface area contributed by atoms with Gasteiger partial charge in [-0.2, -0.15) is 5.10 Å². The molecule has 0 aliphatic rings. The average Bonchev–Trinajstić information content (AvgIpc) is 3.18. The van der Waals surface area contributed by atoms with Crippen LogP contribution >= 0.6 is 11.6 Å². The Bertz CT molecular complexity index is 917. The van der Waals surface area contributed by atoms with Crippen molar-refractivity contribution in [1.29, 1.82) is 0 Å². The van der Waals surface area contributed by atoms with E-state index in [2.05, 4.69) is 10.5 Å². The topological polar surface area (TPSA) is 80.9 Å². The summed E-state index contributed by atoms with van der Waals surface area (Å²) in [7, 11) is 0. The summed E-state index contributed by atoms with van der Waals surface area (Å²) in [4.78, 5) is 23.7. The quantitative estimate of drug-likeness (QED) is 0.320. The molecule has 0 saturated carbocycles. The number of hydrogen-bond acceptors (Lipinski definition) is 5. The third-order valence-electron chi connectivity index (χ3n) is 3.30. The van der Waals surface area contributed by atoms with Gasteiger partial charge in [0.1, 0.15) is 5.75 Å². The van der Waals surface area contributed by atoms with Gasteiger partial charge in [0.05, 0.1) is 18.0 Å². The molecule has 0 atom stereocenters. The maximum atomic E-state index is 12.0. The highest BCUT2D eigenvalue weighted by Crippen LogP contribution is 2.15. The van der Waals surface area contributed by atoms with E-state index in [1.807, 2.05) is 0 Å². The Labute approximate surface area is 154 Å². The molecule has 0 spiro atoms. The van der Waals surface area contributed by atoms with Crippen molar-refractivity contribution in [1.82, 2.24) is 5.43 Å². The maximum absolute atomic E-state index is 12.0. The Morgan fingerprint density at radius 3 is 2.42 bits per heavy atom. The van der Waals surface area contributed by atoms with E-state index in [0.717, 1.165) is 5.56 Å². The van der Waals surface area contributed by atoms with Crippen LogP contribution in [0.3, 0.4) is 0 Å². The van der Waals surface area contributed by atoms with Gasteiger partial charge in [-0.05, 0) is 66.2 Å². The second kappa shape index (κ2) is 8.13. The molecule has 0 bridgehead atoms. The van der Waals surface area contributed by atoms with Gasteiger partial charge in [-0.1, -0.05) is 11.6 Å². The van der Waals surface area contributed by atoms with Crippen LogP contribution < -0.4 is 10.2 Å². The molecule has 2 aromatic carbocycles. The van der Waals surface area contributed by atoms with Crippen LogP contribution in [-0.2, 0) is 0 Å². The second-order valence-electron chi connectivity index (χ2n) is 5.14. The maximum Gasteiger partial charge on any atom is 0.343 e.